The van der Waals surface area contributed by atoms with E-state index >= 15 is 0 Å². The van der Waals surface area contributed by atoms with Gasteiger partial charge in [0.25, 0.3) is 0 Å². The Morgan fingerprint density at radius 2 is 1.63 bits per heavy atom. The third-order valence-corrected chi connectivity index (χ3v) is 6.44. The first-order valence-corrected chi connectivity index (χ1v) is 11.1. The number of methoxy groups -OCH3 is 2. The number of aryl methyl sites for hydroxylation is 2. The summed E-state index contributed by atoms with van der Waals surface area (Å²) in [6, 6.07) is 12.6. The van der Waals surface area contributed by atoms with E-state index in [1.165, 1.54) is 24.0 Å². The fourth-order valence-corrected chi connectivity index (χ4v) is 4.53. The Morgan fingerprint density at radius 3 is 2.40 bits per heavy atom. The normalized spacial score (nSPS) is 18.1. The highest BCUT2D eigenvalue weighted by molar-refractivity contribution is 5.43. The van der Waals surface area contributed by atoms with Crippen LogP contribution in [0.2, 0.25) is 0 Å². The Balaban J connectivity index is 1.56. The number of likely N-dealkylation sites (N-methyl/N-ethyl adjacent to an activating group) is 1. The first-order valence-electron chi connectivity index (χ1n) is 11.1. The maximum atomic E-state index is 6.61. The van der Waals surface area contributed by atoms with Crippen LogP contribution in [0.3, 0.4) is 0 Å². The lowest BCUT2D eigenvalue weighted by molar-refractivity contribution is 0.122. The minimum Gasteiger partial charge on any atom is -0.497 e. The Bertz CT molecular complexity index is 846. The van der Waals surface area contributed by atoms with Gasteiger partial charge in [-0.15, -0.1) is 0 Å². The molecule has 0 amide bonds. The predicted molar refractivity (Wildman–Crippen MR) is 120 cm³/mol. The van der Waals surface area contributed by atoms with Gasteiger partial charge in [0, 0.05) is 44.7 Å². The van der Waals surface area contributed by atoms with Gasteiger partial charge in [-0.2, -0.15) is 0 Å². The van der Waals surface area contributed by atoms with Gasteiger partial charge in [-0.25, -0.2) is 0 Å². The molecule has 0 spiro atoms. The van der Waals surface area contributed by atoms with Crippen LogP contribution in [0.1, 0.15) is 35.6 Å². The molecule has 5 heteroatoms. The minimum atomic E-state index is -0.0887. The Hall–Kier alpha value is -2.24. The molecule has 0 radical (unpaired) electrons. The topological polar surface area (TPSA) is 34.2 Å². The molecule has 0 saturated carbocycles. The Labute approximate surface area is 180 Å². The van der Waals surface area contributed by atoms with Crippen LogP contribution in [0.15, 0.2) is 36.4 Å². The van der Waals surface area contributed by atoms with Crippen molar-refractivity contribution in [1.82, 2.24) is 9.80 Å². The van der Waals surface area contributed by atoms with Gasteiger partial charge in [-0.1, -0.05) is 6.07 Å². The molecule has 1 fully saturated rings. The summed E-state index contributed by atoms with van der Waals surface area (Å²) in [5, 5.41) is 0. The van der Waals surface area contributed by atoms with E-state index < -0.39 is 0 Å². The first kappa shape index (κ1) is 21.0. The minimum absolute atomic E-state index is 0.0887. The molecule has 162 valence electrons. The van der Waals surface area contributed by atoms with Crippen molar-refractivity contribution in [1.29, 1.82) is 0 Å². The van der Waals surface area contributed by atoms with Gasteiger partial charge >= 0.3 is 0 Å². The monoisotopic (exact) mass is 410 g/mol. The SMILES string of the molecule is COc1ccc(OC)c(C(CCN2CCN(C)CC2)Oc2ccc3c(c2)CCC3)c1. The summed E-state index contributed by atoms with van der Waals surface area (Å²) in [5.74, 6) is 2.62. The molecule has 1 unspecified atom stereocenters. The number of nitrogens with zero attached hydrogens (tertiary/aromatic N) is 2. The fraction of sp³-hybridized carbons (Fsp3) is 0.520. The van der Waals surface area contributed by atoms with E-state index in [1.807, 2.05) is 12.1 Å². The van der Waals surface area contributed by atoms with Gasteiger partial charge in [0.2, 0.25) is 0 Å². The van der Waals surface area contributed by atoms with Gasteiger partial charge in [-0.05, 0) is 67.8 Å². The summed E-state index contributed by atoms with van der Waals surface area (Å²) in [6.45, 7) is 5.47. The van der Waals surface area contributed by atoms with Crippen LogP contribution < -0.4 is 14.2 Å². The van der Waals surface area contributed by atoms with Crippen molar-refractivity contribution in [2.75, 3.05) is 54.0 Å². The lowest BCUT2D eigenvalue weighted by Gasteiger charge is -2.33. The predicted octanol–water partition coefficient (Wildman–Crippen LogP) is 3.95. The number of hydrogen-bond acceptors (Lipinski definition) is 5. The van der Waals surface area contributed by atoms with Crippen LogP contribution in [0, 0.1) is 0 Å². The zero-order valence-electron chi connectivity index (χ0n) is 18.5. The number of ether oxygens (including phenoxy) is 3. The quantitative estimate of drug-likeness (QED) is 0.658. The zero-order chi connectivity index (χ0) is 20.9. The second kappa shape index (κ2) is 9.71. The first-order chi connectivity index (χ1) is 14.7. The summed E-state index contributed by atoms with van der Waals surface area (Å²) in [6.07, 6.45) is 4.40. The average Bonchev–Trinajstić information content (AvgIpc) is 3.25. The smallest absolute Gasteiger partial charge is 0.129 e. The number of rotatable bonds is 8. The zero-order valence-corrected chi connectivity index (χ0v) is 18.5. The fourth-order valence-electron chi connectivity index (χ4n) is 4.53. The molecule has 1 aliphatic carbocycles. The molecule has 1 saturated heterocycles. The van der Waals surface area contributed by atoms with Crippen molar-refractivity contribution in [2.24, 2.45) is 0 Å². The summed E-state index contributed by atoms with van der Waals surface area (Å²) in [4.78, 5) is 4.92. The van der Waals surface area contributed by atoms with Gasteiger partial charge in [0.15, 0.2) is 0 Å². The molecule has 1 aliphatic heterocycles. The highest BCUT2D eigenvalue weighted by Crippen LogP contribution is 2.36. The van der Waals surface area contributed by atoms with Gasteiger partial charge in [-0.3, -0.25) is 0 Å². The Morgan fingerprint density at radius 1 is 0.867 bits per heavy atom. The lowest BCUT2D eigenvalue weighted by Crippen LogP contribution is -2.45. The highest BCUT2D eigenvalue weighted by Gasteiger charge is 2.23. The Kier molecular flexibility index (Phi) is 6.80. The van der Waals surface area contributed by atoms with Crippen molar-refractivity contribution in [3.8, 4) is 17.2 Å². The lowest BCUT2D eigenvalue weighted by atomic mass is 10.0. The van der Waals surface area contributed by atoms with Crippen molar-refractivity contribution in [3.05, 3.63) is 53.1 Å². The molecule has 0 bridgehead atoms. The van der Waals surface area contributed by atoms with Crippen molar-refractivity contribution in [3.63, 3.8) is 0 Å². The van der Waals surface area contributed by atoms with Crippen LogP contribution >= 0.6 is 0 Å². The van der Waals surface area contributed by atoms with E-state index in [4.69, 9.17) is 14.2 Å². The van der Waals surface area contributed by atoms with Crippen LogP contribution in [-0.2, 0) is 12.8 Å². The second-order valence-corrected chi connectivity index (χ2v) is 8.43. The molecule has 30 heavy (non-hydrogen) atoms. The third kappa shape index (κ3) is 4.90. The van der Waals surface area contributed by atoms with Crippen molar-refractivity contribution < 1.29 is 14.2 Å². The molecule has 4 rings (SSSR count). The molecule has 0 N–H and O–H groups in total. The second-order valence-electron chi connectivity index (χ2n) is 8.43. The van der Waals surface area contributed by atoms with Crippen LogP contribution in [-0.4, -0.2) is 63.8 Å². The summed E-state index contributed by atoms with van der Waals surface area (Å²) in [7, 11) is 5.61. The molecule has 0 aromatic heterocycles. The summed E-state index contributed by atoms with van der Waals surface area (Å²) < 4.78 is 17.8. The molecule has 2 aliphatic rings. The van der Waals surface area contributed by atoms with E-state index in [1.54, 1.807) is 14.2 Å². The van der Waals surface area contributed by atoms with E-state index in [2.05, 4.69) is 41.1 Å². The average molecular weight is 411 g/mol. The van der Waals surface area contributed by atoms with Gasteiger partial charge < -0.3 is 24.0 Å². The molecular formula is C25H34N2O3. The van der Waals surface area contributed by atoms with E-state index in [-0.39, 0.29) is 6.10 Å². The van der Waals surface area contributed by atoms with Crippen molar-refractivity contribution in [2.45, 2.75) is 31.8 Å². The summed E-state index contributed by atoms with van der Waals surface area (Å²) >= 11 is 0. The maximum Gasteiger partial charge on any atom is 0.129 e. The molecule has 1 heterocycles. The number of benzene rings is 2. The number of hydrogen-bond donors (Lipinski definition) is 0. The highest BCUT2D eigenvalue weighted by atomic mass is 16.5. The standard InChI is InChI=1S/C25H34N2O3/c1-26-13-15-27(16-14-26)12-11-25(23-18-21(28-2)9-10-24(23)29-3)30-22-8-7-19-5-4-6-20(19)17-22/h7-10,17-18,25H,4-6,11-16H2,1-3H3. The molecule has 5 nitrogen and oxygen atoms in total. The van der Waals surface area contributed by atoms with Crippen LogP contribution in [0.5, 0.6) is 17.2 Å². The molecule has 2 aromatic rings. The number of piperazine rings is 1. The number of fused-ring (bicyclic) bond motifs is 1. The molecule has 2 aromatic carbocycles. The van der Waals surface area contributed by atoms with E-state index in [9.17, 15) is 0 Å². The summed E-state index contributed by atoms with van der Waals surface area (Å²) in [5.41, 5.74) is 3.95. The largest absolute Gasteiger partial charge is 0.497 e. The van der Waals surface area contributed by atoms with E-state index in [0.29, 0.717) is 0 Å². The van der Waals surface area contributed by atoms with Gasteiger partial charge in [0.05, 0.1) is 14.2 Å². The molecular weight excluding hydrogens is 376 g/mol. The van der Waals surface area contributed by atoms with Crippen LogP contribution in [0.25, 0.3) is 0 Å². The van der Waals surface area contributed by atoms with E-state index in [0.717, 1.165) is 68.4 Å². The van der Waals surface area contributed by atoms with Gasteiger partial charge in [0.1, 0.15) is 23.4 Å². The van der Waals surface area contributed by atoms with Crippen molar-refractivity contribution >= 4 is 0 Å². The third-order valence-electron chi connectivity index (χ3n) is 6.44. The molecule has 1 atom stereocenters. The van der Waals surface area contributed by atoms with Crippen LogP contribution in [0.4, 0.5) is 0 Å². The maximum absolute atomic E-state index is 6.61.